The standard InChI is InChI=1S/C55H65NO13/c1-35(2)51-55(5,6)69-54(62)56(51)52(61)43(30-38-20-11-8-12-21-38)47(67-37(4)58)45(60)31-42(41-26-17-19-36(3)29-41)44(59)27-18-28-64-50-49(66-34-40-24-15-10-16-25-40)48(46(32-57)68-53(50)63-7)65-33-39-22-13-9-14-23-39/h8-17,19-26,29,31,35,43,46-51,53,57H,18,27-28,30,32-34H2,1-7H3. The number of cyclic esters (lactones) is 1. The van der Waals surface area contributed by atoms with Crippen LogP contribution in [0.3, 0.4) is 0 Å². The van der Waals surface area contributed by atoms with E-state index in [1.807, 2.05) is 87.5 Å². The monoisotopic (exact) mass is 947 g/mol. The number of Topliss-reactive ketones (excluding diaryl/α,β-unsaturated/α-hetero) is 1. The lowest BCUT2D eigenvalue weighted by molar-refractivity contribution is -0.319. The summed E-state index contributed by atoms with van der Waals surface area (Å²) < 4.78 is 42.8. The van der Waals surface area contributed by atoms with E-state index in [0.717, 1.165) is 34.6 Å². The second-order valence-electron chi connectivity index (χ2n) is 18.4. The molecule has 14 heteroatoms. The number of amides is 2. The van der Waals surface area contributed by atoms with Gasteiger partial charge in [0.15, 0.2) is 24.0 Å². The second-order valence-corrected chi connectivity index (χ2v) is 18.4. The number of esters is 1. The van der Waals surface area contributed by atoms with Crippen LogP contribution in [-0.2, 0) is 72.0 Å². The minimum Gasteiger partial charge on any atom is -0.453 e. The van der Waals surface area contributed by atoms with E-state index >= 15 is 0 Å². The fourth-order valence-corrected chi connectivity index (χ4v) is 9.24. The number of ether oxygens (including phenoxy) is 7. The Kier molecular flexibility index (Phi) is 18.7. The third-order valence-corrected chi connectivity index (χ3v) is 12.3. The lowest BCUT2D eigenvalue weighted by atomic mass is 9.85. The Morgan fingerprint density at radius 1 is 0.797 bits per heavy atom. The average molecular weight is 948 g/mol. The number of hydrogen-bond donors (Lipinski definition) is 1. The summed E-state index contributed by atoms with van der Waals surface area (Å²) in [5, 5.41) is 10.5. The first kappa shape index (κ1) is 52.5. The average Bonchev–Trinajstić information content (AvgIpc) is 3.59. The van der Waals surface area contributed by atoms with E-state index in [0.29, 0.717) is 11.1 Å². The zero-order chi connectivity index (χ0) is 49.7. The van der Waals surface area contributed by atoms with Crippen LogP contribution >= 0.6 is 0 Å². The van der Waals surface area contributed by atoms with Gasteiger partial charge in [-0.1, -0.05) is 135 Å². The third-order valence-electron chi connectivity index (χ3n) is 12.3. The quantitative estimate of drug-likeness (QED) is 0.0434. The third kappa shape index (κ3) is 13.7. The first-order chi connectivity index (χ1) is 33.1. The molecule has 0 saturated carbocycles. The second kappa shape index (κ2) is 24.6. The topological polar surface area (TPSA) is 173 Å². The zero-order valence-electron chi connectivity index (χ0n) is 40.5. The van der Waals surface area contributed by atoms with Gasteiger partial charge in [-0.25, -0.2) is 9.69 Å². The van der Waals surface area contributed by atoms with Crippen molar-refractivity contribution in [1.82, 2.24) is 4.90 Å². The highest BCUT2D eigenvalue weighted by Gasteiger charge is 2.54. The number of carbonyl (C=O) groups is 5. The van der Waals surface area contributed by atoms with Gasteiger partial charge in [-0.2, -0.15) is 0 Å². The van der Waals surface area contributed by atoms with Crippen LogP contribution in [0.15, 0.2) is 121 Å². The molecule has 2 saturated heterocycles. The summed E-state index contributed by atoms with van der Waals surface area (Å²) in [7, 11) is 1.47. The molecule has 0 aromatic heterocycles. The molecule has 2 amide bonds. The summed E-state index contributed by atoms with van der Waals surface area (Å²) in [6.07, 6.45) is -5.63. The van der Waals surface area contributed by atoms with Crippen molar-refractivity contribution in [3.8, 4) is 0 Å². The summed E-state index contributed by atoms with van der Waals surface area (Å²) in [6.45, 7) is 10.2. The Bertz CT molecular complexity index is 2370. The van der Waals surface area contributed by atoms with Crippen molar-refractivity contribution in [2.24, 2.45) is 11.8 Å². The molecule has 8 atom stereocenters. The minimum absolute atomic E-state index is 0.0259. The Morgan fingerprint density at radius 2 is 1.39 bits per heavy atom. The van der Waals surface area contributed by atoms with E-state index in [2.05, 4.69) is 0 Å². The SMILES string of the molecule is COC1OC(CO)C(OCc2ccccc2)C(OCc2ccccc2)C1OCCCC(=O)C(=CC(=O)C(OC(C)=O)C(Cc1ccccc1)C(=O)N1C(=O)OC(C)(C)C1C(C)C)c1cccc(C)c1. The summed E-state index contributed by atoms with van der Waals surface area (Å²) in [4.78, 5) is 71.4. The molecule has 2 heterocycles. The van der Waals surface area contributed by atoms with Crippen LogP contribution in [0.5, 0.6) is 0 Å². The molecule has 8 unspecified atom stereocenters. The van der Waals surface area contributed by atoms with E-state index in [1.54, 1.807) is 62.4 Å². The highest BCUT2D eigenvalue weighted by molar-refractivity contribution is 6.25. The first-order valence-electron chi connectivity index (χ1n) is 23.5. The van der Waals surface area contributed by atoms with Crippen LogP contribution in [0.4, 0.5) is 4.79 Å². The molecule has 6 rings (SSSR count). The molecule has 2 fully saturated rings. The molecule has 0 bridgehead atoms. The maximum absolute atomic E-state index is 14.8. The molecule has 4 aromatic carbocycles. The van der Waals surface area contributed by atoms with Gasteiger partial charge in [0, 0.05) is 32.6 Å². The van der Waals surface area contributed by atoms with Gasteiger partial charge in [0.2, 0.25) is 5.91 Å². The van der Waals surface area contributed by atoms with Crippen LogP contribution in [0.1, 0.15) is 75.3 Å². The smallest absolute Gasteiger partial charge is 0.417 e. The number of imide groups is 1. The van der Waals surface area contributed by atoms with Crippen molar-refractivity contribution in [3.63, 3.8) is 0 Å². The number of benzene rings is 4. The van der Waals surface area contributed by atoms with Crippen molar-refractivity contribution >= 4 is 35.1 Å². The number of nitrogens with zero attached hydrogens (tertiary/aromatic N) is 1. The molecule has 1 N–H and O–H groups in total. The maximum atomic E-state index is 14.8. The van der Waals surface area contributed by atoms with Crippen LogP contribution < -0.4 is 0 Å². The van der Waals surface area contributed by atoms with Gasteiger partial charge in [0.1, 0.15) is 30.0 Å². The van der Waals surface area contributed by atoms with Crippen LogP contribution in [0.2, 0.25) is 0 Å². The summed E-state index contributed by atoms with van der Waals surface area (Å²) in [6, 6.07) is 34.5. The van der Waals surface area contributed by atoms with Crippen LogP contribution in [0, 0.1) is 18.8 Å². The zero-order valence-corrected chi connectivity index (χ0v) is 40.5. The molecule has 0 spiro atoms. The van der Waals surface area contributed by atoms with Crippen molar-refractivity contribution in [2.45, 2.75) is 122 Å². The van der Waals surface area contributed by atoms with E-state index < -0.39 is 83.9 Å². The number of hydrogen-bond acceptors (Lipinski definition) is 13. The molecule has 2 aliphatic rings. The van der Waals surface area contributed by atoms with Crippen molar-refractivity contribution in [1.29, 1.82) is 0 Å². The lowest BCUT2D eigenvalue weighted by Crippen LogP contribution is -2.61. The Hall–Kier alpha value is -5.87. The molecule has 4 aromatic rings. The number of rotatable bonds is 23. The van der Waals surface area contributed by atoms with Crippen molar-refractivity contribution in [2.75, 3.05) is 20.3 Å². The molecule has 0 aliphatic carbocycles. The maximum Gasteiger partial charge on any atom is 0.417 e. The number of methoxy groups -OCH3 is 1. The number of ketones is 2. The van der Waals surface area contributed by atoms with Gasteiger partial charge in [0.25, 0.3) is 0 Å². The molecule has 14 nitrogen and oxygen atoms in total. The Morgan fingerprint density at radius 3 is 1.94 bits per heavy atom. The van der Waals surface area contributed by atoms with Gasteiger partial charge in [-0.15, -0.1) is 0 Å². The molecular formula is C55H65NO13. The van der Waals surface area contributed by atoms with Gasteiger partial charge in [-0.05, 0) is 67.9 Å². The molecular weight excluding hydrogens is 883 g/mol. The molecule has 69 heavy (non-hydrogen) atoms. The van der Waals surface area contributed by atoms with Gasteiger partial charge in [0.05, 0.1) is 31.8 Å². The number of allylic oxidation sites excluding steroid dienone is 1. The Balaban J connectivity index is 1.27. The largest absolute Gasteiger partial charge is 0.453 e. The van der Waals surface area contributed by atoms with Crippen molar-refractivity contribution < 1.29 is 62.2 Å². The molecule has 0 radical (unpaired) electrons. The van der Waals surface area contributed by atoms with Gasteiger partial charge >= 0.3 is 12.1 Å². The molecule has 2 aliphatic heterocycles. The molecule has 368 valence electrons. The van der Waals surface area contributed by atoms with Gasteiger partial charge < -0.3 is 38.3 Å². The minimum atomic E-state index is -1.72. The summed E-state index contributed by atoms with van der Waals surface area (Å²) in [5.41, 5.74) is 2.72. The van der Waals surface area contributed by atoms with Crippen LogP contribution in [0.25, 0.3) is 5.57 Å². The van der Waals surface area contributed by atoms with E-state index in [1.165, 1.54) is 7.11 Å². The van der Waals surface area contributed by atoms with E-state index in [-0.39, 0.29) is 57.2 Å². The summed E-state index contributed by atoms with van der Waals surface area (Å²) in [5.74, 6) is -4.40. The predicted molar refractivity (Wildman–Crippen MR) is 256 cm³/mol. The van der Waals surface area contributed by atoms with E-state index in [4.69, 9.17) is 33.2 Å². The fourth-order valence-electron chi connectivity index (χ4n) is 9.24. The first-order valence-corrected chi connectivity index (χ1v) is 23.5. The Labute approximate surface area is 404 Å². The van der Waals surface area contributed by atoms with Gasteiger partial charge in [-0.3, -0.25) is 19.2 Å². The fraction of sp³-hybridized carbons (Fsp3) is 0.436. The lowest BCUT2D eigenvalue weighted by Gasteiger charge is -2.45. The summed E-state index contributed by atoms with van der Waals surface area (Å²) >= 11 is 0. The normalized spacial score (nSPS) is 22.2. The highest BCUT2D eigenvalue weighted by Crippen LogP contribution is 2.37. The van der Waals surface area contributed by atoms with Crippen LogP contribution in [-0.4, -0.2) is 108 Å². The number of aryl methyl sites for hydroxylation is 1. The highest BCUT2D eigenvalue weighted by atomic mass is 16.7. The van der Waals surface area contributed by atoms with Crippen molar-refractivity contribution in [3.05, 3.63) is 149 Å². The number of carbonyl (C=O) groups excluding carboxylic acids is 5. The van der Waals surface area contributed by atoms with E-state index in [9.17, 15) is 29.1 Å². The number of aliphatic hydroxyl groups excluding tert-OH is 1. The predicted octanol–water partition coefficient (Wildman–Crippen LogP) is 7.79. The number of aliphatic hydroxyl groups is 1.